The van der Waals surface area contributed by atoms with Gasteiger partial charge >= 0.3 is 0 Å². The maximum absolute atomic E-state index is 12.7. The maximum Gasteiger partial charge on any atom is 0.135 e. The molecule has 1 aliphatic rings. The standard InChI is InChI=1S/C11H11FN2S/c1-8-11(2,15-7-13)14(8)10-5-3-9(12)4-6-10/h3-6,8H,1-2H3/t8-,11-,14?/m1/s1. The lowest BCUT2D eigenvalue weighted by Gasteiger charge is -2.08. The summed E-state index contributed by atoms with van der Waals surface area (Å²) >= 11 is 1.25. The Bertz CT molecular complexity index is 412. The second-order valence-corrected chi connectivity index (χ2v) is 4.98. The molecule has 2 atom stereocenters. The van der Waals surface area contributed by atoms with Crippen LogP contribution in [0.3, 0.4) is 0 Å². The number of benzene rings is 1. The van der Waals surface area contributed by atoms with E-state index >= 15 is 0 Å². The summed E-state index contributed by atoms with van der Waals surface area (Å²) in [6, 6.07) is 6.69. The highest BCUT2D eigenvalue weighted by molar-refractivity contribution is 8.05. The summed E-state index contributed by atoms with van der Waals surface area (Å²) in [5.41, 5.74) is 0.967. The molecule has 0 amide bonds. The third kappa shape index (κ3) is 1.57. The highest BCUT2D eigenvalue weighted by atomic mass is 32.2. The Hall–Kier alpha value is -1.21. The fourth-order valence-electron chi connectivity index (χ4n) is 1.84. The fourth-order valence-corrected chi connectivity index (χ4v) is 2.61. The average molecular weight is 222 g/mol. The van der Waals surface area contributed by atoms with Crippen LogP contribution in [0.15, 0.2) is 24.3 Å². The van der Waals surface area contributed by atoms with Crippen LogP contribution in [-0.2, 0) is 0 Å². The van der Waals surface area contributed by atoms with Gasteiger partial charge in [-0.3, -0.25) is 0 Å². The largest absolute Gasteiger partial charge is 0.348 e. The topological polar surface area (TPSA) is 26.8 Å². The Labute approximate surface area is 92.7 Å². The molecule has 0 radical (unpaired) electrons. The molecule has 2 nitrogen and oxygen atoms in total. The molecule has 0 N–H and O–H groups in total. The summed E-state index contributed by atoms with van der Waals surface area (Å²) in [6.45, 7) is 4.09. The molecule has 1 aromatic carbocycles. The predicted octanol–water partition coefficient (Wildman–Crippen LogP) is 2.96. The zero-order valence-corrected chi connectivity index (χ0v) is 9.38. The number of anilines is 1. The molecule has 0 unspecified atom stereocenters. The molecular formula is C11H11FN2S. The lowest BCUT2D eigenvalue weighted by molar-refractivity contribution is 0.628. The Balaban J connectivity index is 2.22. The number of nitriles is 1. The van der Waals surface area contributed by atoms with E-state index in [-0.39, 0.29) is 10.7 Å². The van der Waals surface area contributed by atoms with Crippen molar-refractivity contribution < 1.29 is 4.39 Å². The van der Waals surface area contributed by atoms with Gasteiger partial charge in [-0.15, -0.1) is 0 Å². The summed E-state index contributed by atoms with van der Waals surface area (Å²) < 4.78 is 12.7. The molecule has 15 heavy (non-hydrogen) atoms. The first-order valence-corrected chi connectivity index (χ1v) is 5.53. The number of hydrogen-bond acceptors (Lipinski definition) is 3. The van der Waals surface area contributed by atoms with Crippen molar-refractivity contribution in [2.24, 2.45) is 0 Å². The third-order valence-corrected chi connectivity index (χ3v) is 3.97. The van der Waals surface area contributed by atoms with Crippen LogP contribution in [0.25, 0.3) is 0 Å². The predicted molar refractivity (Wildman–Crippen MR) is 60.0 cm³/mol. The molecule has 0 spiro atoms. The van der Waals surface area contributed by atoms with Gasteiger partial charge in [0.15, 0.2) is 0 Å². The molecular weight excluding hydrogens is 211 g/mol. The van der Waals surface area contributed by atoms with E-state index in [1.807, 2.05) is 6.92 Å². The number of thiocyanates is 1. The first kappa shape index (κ1) is 10.3. The first-order valence-electron chi connectivity index (χ1n) is 4.71. The molecule has 4 heteroatoms. The number of nitrogens with zero attached hydrogens (tertiary/aromatic N) is 2. The zero-order valence-electron chi connectivity index (χ0n) is 8.57. The monoisotopic (exact) mass is 222 g/mol. The normalized spacial score (nSPS) is 28.7. The van der Waals surface area contributed by atoms with Crippen molar-refractivity contribution in [3.05, 3.63) is 30.1 Å². The minimum Gasteiger partial charge on any atom is -0.348 e. The second-order valence-electron chi connectivity index (χ2n) is 3.77. The lowest BCUT2D eigenvalue weighted by Crippen LogP contribution is -2.07. The van der Waals surface area contributed by atoms with Gasteiger partial charge < -0.3 is 4.90 Å². The molecule has 0 aromatic heterocycles. The van der Waals surface area contributed by atoms with Crippen LogP contribution in [0.2, 0.25) is 0 Å². The highest BCUT2D eigenvalue weighted by Crippen LogP contribution is 2.51. The van der Waals surface area contributed by atoms with Gasteiger partial charge in [0.05, 0.1) is 6.04 Å². The molecule has 1 heterocycles. The summed E-state index contributed by atoms with van der Waals surface area (Å²) in [6.07, 6.45) is 0. The minimum absolute atomic E-state index is 0.160. The molecule has 1 aromatic rings. The average Bonchev–Trinajstić information content (AvgIpc) is 2.72. The summed E-state index contributed by atoms with van der Waals surface area (Å²) in [5.74, 6) is -0.233. The van der Waals surface area contributed by atoms with Crippen LogP contribution < -0.4 is 4.90 Å². The Morgan fingerprint density at radius 1 is 1.47 bits per heavy atom. The Kier molecular flexibility index (Phi) is 2.35. The van der Waals surface area contributed by atoms with Crippen molar-refractivity contribution in [1.82, 2.24) is 0 Å². The molecule has 2 rings (SSSR count). The third-order valence-electron chi connectivity index (χ3n) is 2.93. The van der Waals surface area contributed by atoms with Crippen LogP contribution in [-0.4, -0.2) is 10.9 Å². The SMILES string of the molecule is C[C@H]1N(c2ccc(F)cc2)[C@]1(C)SC#N. The van der Waals surface area contributed by atoms with Crippen molar-refractivity contribution in [3.8, 4) is 5.40 Å². The number of rotatable bonds is 2. The van der Waals surface area contributed by atoms with Crippen LogP contribution in [0.1, 0.15) is 13.8 Å². The van der Waals surface area contributed by atoms with Crippen LogP contribution >= 0.6 is 11.8 Å². The van der Waals surface area contributed by atoms with Crippen LogP contribution in [0.4, 0.5) is 10.1 Å². The van der Waals surface area contributed by atoms with Crippen LogP contribution in [0, 0.1) is 16.5 Å². The molecule has 0 saturated carbocycles. The number of hydrogen-bond donors (Lipinski definition) is 0. The van der Waals surface area contributed by atoms with Gasteiger partial charge in [0, 0.05) is 5.69 Å². The van der Waals surface area contributed by atoms with Gasteiger partial charge in [-0.25, -0.2) is 4.39 Å². The molecule has 1 fully saturated rings. The summed E-state index contributed by atoms with van der Waals surface area (Å²) in [4.78, 5) is 1.95. The fraction of sp³-hybridized carbons (Fsp3) is 0.364. The second kappa shape index (κ2) is 3.42. The molecule has 78 valence electrons. The highest BCUT2D eigenvalue weighted by Gasteiger charge is 2.57. The van der Waals surface area contributed by atoms with E-state index in [2.05, 4.69) is 17.2 Å². The summed E-state index contributed by atoms with van der Waals surface area (Å²) in [5, 5.41) is 10.8. The summed E-state index contributed by atoms with van der Waals surface area (Å²) in [7, 11) is 0. The number of halogens is 1. The lowest BCUT2D eigenvalue weighted by atomic mass is 10.3. The smallest absolute Gasteiger partial charge is 0.135 e. The van der Waals surface area contributed by atoms with Gasteiger partial charge in [-0.1, -0.05) is 0 Å². The van der Waals surface area contributed by atoms with Crippen molar-refractivity contribution >= 4 is 17.4 Å². The van der Waals surface area contributed by atoms with Crippen LogP contribution in [0.5, 0.6) is 0 Å². The molecule has 0 aliphatic carbocycles. The van der Waals surface area contributed by atoms with Gasteiger partial charge in [-0.2, -0.15) is 5.26 Å². The quantitative estimate of drug-likeness (QED) is 0.568. The Morgan fingerprint density at radius 3 is 2.60 bits per heavy atom. The Morgan fingerprint density at radius 2 is 2.07 bits per heavy atom. The van der Waals surface area contributed by atoms with Crippen molar-refractivity contribution in [2.75, 3.05) is 4.90 Å². The maximum atomic E-state index is 12.7. The number of thioether (sulfide) groups is 1. The van der Waals surface area contributed by atoms with E-state index in [9.17, 15) is 4.39 Å². The molecule has 1 aliphatic heterocycles. The van der Waals surface area contributed by atoms with E-state index in [4.69, 9.17) is 5.26 Å². The van der Waals surface area contributed by atoms with Gasteiger partial charge in [0.25, 0.3) is 0 Å². The zero-order chi connectivity index (χ0) is 11.1. The van der Waals surface area contributed by atoms with E-state index < -0.39 is 0 Å². The van der Waals surface area contributed by atoms with E-state index in [0.717, 1.165) is 5.69 Å². The van der Waals surface area contributed by atoms with Crippen molar-refractivity contribution in [2.45, 2.75) is 24.8 Å². The molecule has 0 bridgehead atoms. The first-order chi connectivity index (χ1) is 7.09. The minimum atomic E-state index is -0.233. The van der Waals surface area contributed by atoms with Gasteiger partial charge in [0.2, 0.25) is 0 Å². The van der Waals surface area contributed by atoms with Crippen molar-refractivity contribution in [1.29, 1.82) is 5.26 Å². The van der Waals surface area contributed by atoms with E-state index in [1.54, 1.807) is 12.1 Å². The van der Waals surface area contributed by atoms with Gasteiger partial charge in [0.1, 0.15) is 16.1 Å². The molecule has 1 saturated heterocycles. The van der Waals surface area contributed by atoms with Crippen molar-refractivity contribution in [3.63, 3.8) is 0 Å². The van der Waals surface area contributed by atoms with Gasteiger partial charge in [-0.05, 0) is 49.9 Å². The van der Waals surface area contributed by atoms with E-state index in [1.165, 1.54) is 23.9 Å². The van der Waals surface area contributed by atoms with E-state index in [0.29, 0.717) is 6.04 Å².